The Kier molecular flexibility index (Phi) is 4.41. The highest BCUT2D eigenvalue weighted by Crippen LogP contribution is 2.37. The number of benzene rings is 1. The lowest BCUT2D eigenvalue weighted by Crippen LogP contribution is -2.28. The number of rotatable bonds is 5. The first-order valence-electron chi connectivity index (χ1n) is 4.86. The van der Waals surface area contributed by atoms with Crippen LogP contribution in [0.15, 0.2) is 12.1 Å². The second kappa shape index (κ2) is 5.55. The Morgan fingerprint density at radius 1 is 1.29 bits per heavy atom. The van der Waals surface area contributed by atoms with Gasteiger partial charge < -0.3 is 8.92 Å². The summed E-state index contributed by atoms with van der Waals surface area (Å²) >= 11 is 0. The summed E-state index contributed by atoms with van der Waals surface area (Å²) < 4.78 is 66.7. The number of nitrogens with zero attached hydrogens (tertiary/aromatic N) is 1. The van der Waals surface area contributed by atoms with Crippen LogP contribution in [0, 0.1) is 10.1 Å². The molecule has 21 heavy (non-hydrogen) atoms. The molecule has 0 aliphatic carbocycles. The summed E-state index contributed by atoms with van der Waals surface area (Å²) in [7, 11) is -5.09. The molecule has 0 saturated heterocycles. The van der Waals surface area contributed by atoms with Crippen molar-refractivity contribution in [3.8, 4) is 11.5 Å². The second-order valence-corrected chi connectivity index (χ2v) is 4.96. The van der Waals surface area contributed by atoms with Crippen LogP contribution in [-0.2, 0) is 10.1 Å². The van der Waals surface area contributed by atoms with Gasteiger partial charge in [0.05, 0.1) is 23.7 Å². The van der Waals surface area contributed by atoms with Gasteiger partial charge in [0, 0.05) is 6.07 Å². The molecule has 0 atom stereocenters. The van der Waals surface area contributed by atoms with Crippen molar-refractivity contribution < 1.29 is 40.2 Å². The van der Waals surface area contributed by atoms with Crippen LogP contribution in [0.5, 0.6) is 11.5 Å². The van der Waals surface area contributed by atoms with Gasteiger partial charge >= 0.3 is 15.6 Å². The zero-order chi connectivity index (χ0) is 16.4. The van der Waals surface area contributed by atoms with E-state index in [2.05, 4.69) is 8.92 Å². The molecule has 0 saturated carbocycles. The Morgan fingerprint density at radius 3 is 2.24 bits per heavy atom. The molecule has 0 bridgehead atoms. The molecule has 0 N–H and O–H groups in total. The van der Waals surface area contributed by atoms with Crippen LogP contribution in [0.2, 0.25) is 0 Å². The lowest BCUT2D eigenvalue weighted by Gasteiger charge is -2.12. The highest BCUT2D eigenvalue weighted by molar-refractivity contribution is 7.88. The molecular formula is C9H6F3NO7S. The fraction of sp³-hybridized carbons (Fsp3) is 0.222. The highest BCUT2D eigenvalue weighted by Gasteiger charge is 2.49. The van der Waals surface area contributed by atoms with Crippen molar-refractivity contribution in [2.75, 3.05) is 7.11 Å². The van der Waals surface area contributed by atoms with Crippen LogP contribution < -0.4 is 8.92 Å². The molecule has 0 unspecified atom stereocenters. The average molecular weight is 329 g/mol. The van der Waals surface area contributed by atoms with E-state index in [4.69, 9.17) is 0 Å². The minimum atomic E-state index is -6.04. The molecule has 0 spiro atoms. The van der Waals surface area contributed by atoms with Crippen LogP contribution in [0.4, 0.5) is 18.9 Å². The topological polar surface area (TPSA) is 113 Å². The van der Waals surface area contributed by atoms with E-state index in [1.807, 2.05) is 0 Å². The maximum Gasteiger partial charge on any atom is 0.534 e. The third-order valence-electron chi connectivity index (χ3n) is 2.12. The standard InChI is InChI=1S/C9H6F3NO7S/c1-19-7-2-5(4-14)6(13(15)16)3-8(7)20-21(17,18)9(10,11)12/h2-4H,1H3. The number of halogens is 3. The molecule has 0 fully saturated rings. The monoisotopic (exact) mass is 329 g/mol. The summed E-state index contributed by atoms with van der Waals surface area (Å²) in [6, 6.07) is 1.04. The molecule has 0 amide bonds. The van der Waals surface area contributed by atoms with Crippen molar-refractivity contribution in [1.82, 2.24) is 0 Å². The number of ether oxygens (including phenoxy) is 1. The van der Waals surface area contributed by atoms with Gasteiger partial charge in [-0.3, -0.25) is 14.9 Å². The average Bonchev–Trinajstić information content (AvgIpc) is 2.36. The number of aldehydes is 1. The Labute approximate surface area is 115 Å². The molecule has 1 rings (SSSR count). The summed E-state index contributed by atoms with van der Waals surface area (Å²) in [5.74, 6) is -1.65. The van der Waals surface area contributed by atoms with Crippen molar-refractivity contribution in [2.45, 2.75) is 5.51 Å². The van der Waals surface area contributed by atoms with Gasteiger partial charge in [0.2, 0.25) is 0 Å². The van der Waals surface area contributed by atoms with E-state index in [0.717, 1.165) is 7.11 Å². The van der Waals surface area contributed by atoms with Crippen LogP contribution in [0.3, 0.4) is 0 Å². The minimum absolute atomic E-state index is 0.0582. The molecule has 0 aliphatic rings. The fourth-order valence-electron chi connectivity index (χ4n) is 1.21. The van der Waals surface area contributed by atoms with Crippen molar-refractivity contribution in [3.05, 3.63) is 27.8 Å². The number of hydrogen-bond acceptors (Lipinski definition) is 7. The smallest absolute Gasteiger partial charge is 0.493 e. The Hall–Kier alpha value is -2.37. The van der Waals surface area contributed by atoms with Gasteiger partial charge in [0.1, 0.15) is 0 Å². The normalized spacial score (nSPS) is 11.8. The first-order chi connectivity index (χ1) is 9.53. The van der Waals surface area contributed by atoms with Gasteiger partial charge in [-0.2, -0.15) is 21.6 Å². The highest BCUT2D eigenvalue weighted by atomic mass is 32.2. The maximum absolute atomic E-state index is 12.2. The van der Waals surface area contributed by atoms with Crippen molar-refractivity contribution in [2.24, 2.45) is 0 Å². The molecule has 0 aromatic heterocycles. The molecular weight excluding hydrogens is 323 g/mol. The van der Waals surface area contributed by atoms with E-state index < -0.39 is 43.3 Å². The van der Waals surface area contributed by atoms with Gasteiger partial charge in [-0.1, -0.05) is 0 Å². The molecule has 12 heteroatoms. The van der Waals surface area contributed by atoms with Crippen LogP contribution >= 0.6 is 0 Å². The number of hydrogen-bond donors (Lipinski definition) is 0. The predicted octanol–water partition coefficient (Wildman–Crippen LogP) is 1.64. The zero-order valence-corrected chi connectivity index (χ0v) is 10.9. The van der Waals surface area contributed by atoms with Gasteiger partial charge in [0.25, 0.3) is 5.69 Å². The molecule has 0 radical (unpaired) electrons. The van der Waals surface area contributed by atoms with E-state index in [1.54, 1.807) is 0 Å². The van der Waals surface area contributed by atoms with E-state index in [0.29, 0.717) is 12.1 Å². The summed E-state index contributed by atoms with van der Waals surface area (Å²) in [6.45, 7) is 0. The van der Waals surface area contributed by atoms with E-state index in [9.17, 15) is 36.5 Å². The fourth-order valence-corrected chi connectivity index (χ4v) is 1.67. The first-order valence-corrected chi connectivity index (χ1v) is 6.26. The number of methoxy groups -OCH3 is 1. The Balaban J connectivity index is 3.46. The summed E-state index contributed by atoms with van der Waals surface area (Å²) in [6.07, 6.45) is 0.0582. The van der Waals surface area contributed by atoms with E-state index in [-0.39, 0.29) is 6.29 Å². The lowest BCUT2D eigenvalue weighted by atomic mass is 10.2. The number of nitro benzene ring substituents is 1. The largest absolute Gasteiger partial charge is 0.534 e. The first kappa shape index (κ1) is 16.7. The van der Waals surface area contributed by atoms with Crippen molar-refractivity contribution in [3.63, 3.8) is 0 Å². The van der Waals surface area contributed by atoms with Crippen LogP contribution in [0.25, 0.3) is 0 Å². The molecule has 0 heterocycles. The number of nitro groups is 1. The summed E-state index contributed by atoms with van der Waals surface area (Å²) in [4.78, 5) is 20.2. The Bertz CT molecular complexity index is 683. The lowest BCUT2D eigenvalue weighted by molar-refractivity contribution is -0.385. The molecule has 8 nitrogen and oxygen atoms in total. The second-order valence-electron chi connectivity index (χ2n) is 3.42. The summed E-state index contributed by atoms with van der Waals surface area (Å²) in [5, 5.41) is 10.7. The van der Waals surface area contributed by atoms with E-state index >= 15 is 0 Å². The minimum Gasteiger partial charge on any atom is -0.493 e. The van der Waals surface area contributed by atoms with Gasteiger partial charge in [-0.05, 0) is 0 Å². The number of carbonyl (C=O) groups is 1. The molecule has 1 aromatic carbocycles. The zero-order valence-electron chi connectivity index (χ0n) is 10.1. The molecule has 1 aromatic rings. The van der Waals surface area contributed by atoms with E-state index in [1.165, 1.54) is 0 Å². The molecule has 116 valence electrons. The van der Waals surface area contributed by atoms with Crippen LogP contribution in [-0.4, -0.2) is 32.2 Å². The van der Waals surface area contributed by atoms with Gasteiger partial charge in [0.15, 0.2) is 17.8 Å². The summed E-state index contributed by atoms with van der Waals surface area (Å²) in [5.41, 5.74) is -7.18. The van der Waals surface area contributed by atoms with Crippen LogP contribution in [0.1, 0.15) is 10.4 Å². The van der Waals surface area contributed by atoms with Crippen molar-refractivity contribution in [1.29, 1.82) is 0 Å². The van der Waals surface area contributed by atoms with Crippen molar-refractivity contribution >= 4 is 22.1 Å². The maximum atomic E-state index is 12.2. The SMILES string of the molecule is COc1cc(C=O)c([N+](=O)[O-])cc1OS(=O)(=O)C(F)(F)F. The quantitative estimate of drug-likeness (QED) is 0.265. The number of alkyl halides is 3. The third-order valence-corrected chi connectivity index (χ3v) is 3.09. The predicted molar refractivity (Wildman–Crippen MR) is 60.6 cm³/mol. The Morgan fingerprint density at radius 2 is 1.86 bits per heavy atom. The molecule has 0 aliphatic heterocycles. The number of carbonyl (C=O) groups excluding carboxylic acids is 1. The van der Waals surface area contributed by atoms with Gasteiger partial charge in [-0.25, -0.2) is 0 Å². The third kappa shape index (κ3) is 3.39. The van der Waals surface area contributed by atoms with Gasteiger partial charge in [-0.15, -0.1) is 0 Å².